The summed E-state index contributed by atoms with van der Waals surface area (Å²) >= 11 is 0. The molecule has 1 aromatic rings. The number of hydrogen-bond donors (Lipinski definition) is 0. The predicted molar refractivity (Wildman–Crippen MR) is 53.4 cm³/mol. The highest BCUT2D eigenvalue weighted by atomic mass is 14.0. The molecular formula is C10H15B. The zero-order valence-corrected chi connectivity index (χ0v) is 7.81. The van der Waals surface area contributed by atoms with Gasteiger partial charge in [0.05, 0.1) is 0 Å². The largest absolute Gasteiger partial charge is 0.139 e. The minimum atomic E-state index is 0.649. The van der Waals surface area contributed by atoms with Crippen molar-refractivity contribution in [3.8, 4) is 0 Å². The van der Waals surface area contributed by atoms with Crippen LogP contribution < -0.4 is 5.46 Å². The van der Waals surface area contributed by atoms with Gasteiger partial charge in [0.1, 0.15) is 7.85 Å². The van der Waals surface area contributed by atoms with Crippen molar-refractivity contribution in [2.75, 3.05) is 0 Å². The third-order valence-corrected chi connectivity index (χ3v) is 2.05. The molecular weight excluding hydrogens is 131 g/mol. The van der Waals surface area contributed by atoms with E-state index < -0.39 is 0 Å². The summed E-state index contributed by atoms with van der Waals surface area (Å²) in [5.41, 5.74) is 4.24. The summed E-state index contributed by atoms with van der Waals surface area (Å²) in [7, 11) is 2.18. The highest BCUT2D eigenvalue weighted by molar-refractivity contribution is 6.33. The van der Waals surface area contributed by atoms with Gasteiger partial charge in [0.25, 0.3) is 0 Å². The average Bonchev–Trinajstić information content (AvgIpc) is 1.85. The Morgan fingerprint density at radius 2 is 1.91 bits per heavy atom. The van der Waals surface area contributed by atoms with Gasteiger partial charge in [0.2, 0.25) is 0 Å². The molecule has 11 heavy (non-hydrogen) atoms. The van der Waals surface area contributed by atoms with Crippen LogP contribution in [0.15, 0.2) is 18.2 Å². The van der Waals surface area contributed by atoms with E-state index in [1.165, 1.54) is 16.6 Å². The fourth-order valence-electron chi connectivity index (χ4n) is 1.47. The van der Waals surface area contributed by atoms with E-state index in [9.17, 15) is 0 Å². The molecule has 0 aromatic heterocycles. The quantitative estimate of drug-likeness (QED) is 0.525. The van der Waals surface area contributed by atoms with E-state index in [0.29, 0.717) is 5.92 Å². The molecule has 1 aromatic carbocycles. The lowest BCUT2D eigenvalue weighted by atomic mass is 9.84. The smallest absolute Gasteiger partial charge is 0.0853 e. The van der Waals surface area contributed by atoms with E-state index in [0.717, 1.165) is 0 Å². The van der Waals surface area contributed by atoms with E-state index in [-0.39, 0.29) is 0 Å². The Morgan fingerprint density at radius 3 is 2.36 bits per heavy atom. The Balaban J connectivity index is 3.09. The normalized spacial score (nSPS) is 10.5. The van der Waals surface area contributed by atoms with Crippen LogP contribution in [-0.4, -0.2) is 7.85 Å². The van der Waals surface area contributed by atoms with Crippen molar-refractivity contribution in [3.05, 3.63) is 29.3 Å². The SMILES string of the molecule is Bc1cc(C)ccc1C(C)C. The first-order valence-electron chi connectivity index (χ1n) is 4.18. The molecule has 0 saturated carbocycles. The maximum absolute atomic E-state index is 2.25. The van der Waals surface area contributed by atoms with Crippen LogP contribution in [0, 0.1) is 6.92 Å². The number of rotatable bonds is 1. The molecule has 1 heteroatoms. The number of hydrogen-bond acceptors (Lipinski definition) is 0. The minimum absolute atomic E-state index is 0.649. The van der Waals surface area contributed by atoms with Gasteiger partial charge in [-0.15, -0.1) is 0 Å². The number of aryl methyl sites for hydroxylation is 1. The van der Waals surface area contributed by atoms with Crippen LogP contribution in [0.2, 0.25) is 0 Å². The van der Waals surface area contributed by atoms with Crippen molar-refractivity contribution in [2.24, 2.45) is 0 Å². The van der Waals surface area contributed by atoms with Crippen molar-refractivity contribution < 1.29 is 0 Å². The van der Waals surface area contributed by atoms with E-state index in [1.54, 1.807) is 0 Å². The second-order valence-electron chi connectivity index (χ2n) is 3.51. The molecule has 0 nitrogen and oxygen atoms in total. The summed E-state index contributed by atoms with van der Waals surface area (Å²) in [5, 5.41) is 0. The molecule has 0 aliphatic carbocycles. The van der Waals surface area contributed by atoms with Gasteiger partial charge in [-0.1, -0.05) is 48.6 Å². The monoisotopic (exact) mass is 146 g/mol. The van der Waals surface area contributed by atoms with Gasteiger partial charge in [-0.2, -0.15) is 0 Å². The van der Waals surface area contributed by atoms with Crippen molar-refractivity contribution >= 4 is 13.3 Å². The van der Waals surface area contributed by atoms with Crippen molar-refractivity contribution in [2.45, 2.75) is 26.7 Å². The maximum atomic E-state index is 2.25. The third kappa shape index (κ3) is 1.86. The Hall–Kier alpha value is -0.715. The molecule has 0 fully saturated rings. The first-order valence-corrected chi connectivity index (χ1v) is 4.18. The molecule has 0 saturated heterocycles. The van der Waals surface area contributed by atoms with Gasteiger partial charge < -0.3 is 0 Å². The molecule has 0 heterocycles. The van der Waals surface area contributed by atoms with Gasteiger partial charge in [-0.05, 0) is 12.8 Å². The molecule has 0 spiro atoms. The summed E-state index contributed by atoms with van der Waals surface area (Å²) in [4.78, 5) is 0. The molecule has 0 aliphatic rings. The van der Waals surface area contributed by atoms with Crippen LogP contribution in [0.25, 0.3) is 0 Å². The lowest BCUT2D eigenvalue weighted by Gasteiger charge is -2.09. The van der Waals surface area contributed by atoms with E-state index in [2.05, 4.69) is 46.8 Å². The van der Waals surface area contributed by atoms with Gasteiger partial charge in [0.15, 0.2) is 0 Å². The van der Waals surface area contributed by atoms with Crippen LogP contribution in [0.1, 0.15) is 30.9 Å². The molecule has 1 rings (SSSR count). The van der Waals surface area contributed by atoms with Crippen molar-refractivity contribution in [1.29, 1.82) is 0 Å². The zero-order valence-electron chi connectivity index (χ0n) is 7.81. The van der Waals surface area contributed by atoms with E-state index >= 15 is 0 Å². The van der Waals surface area contributed by atoms with Gasteiger partial charge in [-0.3, -0.25) is 0 Å². The van der Waals surface area contributed by atoms with Gasteiger partial charge in [0, 0.05) is 0 Å². The number of benzene rings is 1. The molecule has 0 amide bonds. The standard InChI is InChI=1S/C10H15B/c1-7(2)9-5-4-8(3)6-10(9)11/h4-7H,11H2,1-3H3. The first-order chi connectivity index (χ1) is 5.11. The van der Waals surface area contributed by atoms with Crippen LogP contribution in [0.5, 0.6) is 0 Å². The maximum Gasteiger partial charge on any atom is 0.139 e. The Morgan fingerprint density at radius 1 is 1.27 bits per heavy atom. The summed E-state index contributed by atoms with van der Waals surface area (Å²) in [6.45, 7) is 6.60. The topological polar surface area (TPSA) is 0 Å². The minimum Gasteiger partial charge on any atom is -0.0853 e. The average molecular weight is 146 g/mol. The second-order valence-corrected chi connectivity index (χ2v) is 3.51. The lowest BCUT2D eigenvalue weighted by molar-refractivity contribution is 0.873. The van der Waals surface area contributed by atoms with E-state index in [4.69, 9.17) is 0 Å². The molecule has 0 aliphatic heterocycles. The molecule has 0 radical (unpaired) electrons. The van der Waals surface area contributed by atoms with Crippen LogP contribution >= 0.6 is 0 Å². The Kier molecular flexibility index (Phi) is 2.38. The van der Waals surface area contributed by atoms with Gasteiger partial charge >= 0.3 is 0 Å². The zero-order chi connectivity index (χ0) is 8.43. The predicted octanol–water partition coefficient (Wildman–Crippen LogP) is 1.38. The van der Waals surface area contributed by atoms with Crippen LogP contribution in [0.3, 0.4) is 0 Å². The van der Waals surface area contributed by atoms with Crippen LogP contribution in [0.4, 0.5) is 0 Å². The van der Waals surface area contributed by atoms with Crippen molar-refractivity contribution in [1.82, 2.24) is 0 Å². The second kappa shape index (κ2) is 3.12. The summed E-state index contributed by atoms with van der Waals surface area (Å²) in [6, 6.07) is 6.66. The summed E-state index contributed by atoms with van der Waals surface area (Å²) in [6.07, 6.45) is 0. The molecule has 0 bridgehead atoms. The van der Waals surface area contributed by atoms with E-state index in [1.807, 2.05) is 0 Å². The molecule has 0 N–H and O–H groups in total. The third-order valence-electron chi connectivity index (χ3n) is 2.05. The Bertz CT molecular complexity index is 251. The lowest BCUT2D eigenvalue weighted by Crippen LogP contribution is -2.11. The highest BCUT2D eigenvalue weighted by Gasteiger charge is 2.01. The van der Waals surface area contributed by atoms with Crippen molar-refractivity contribution in [3.63, 3.8) is 0 Å². The summed E-state index contributed by atoms with van der Waals surface area (Å²) < 4.78 is 0. The highest BCUT2D eigenvalue weighted by Crippen LogP contribution is 2.11. The molecule has 0 atom stereocenters. The fraction of sp³-hybridized carbons (Fsp3) is 0.400. The fourth-order valence-corrected chi connectivity index (χ4v) is 1.47. The Labute approximate surface area is 70.0 Å². The van der Waals surface area contributed by atoms with Crippen LogP contribution in [-0.2, 0) is 0 Å². The summed E-state index contributed by atoms with van der Waals surface area (Å²) in [5.74, 6) is 0.649. The molecule has 58 valence electrons. The van der Waals surface area contributed by atoms with Gasteiger partial charge in [-0.25, -0.2) is 0 Å². The first kappa shape index (κ1) is 8.38. The molecule has 0 unspecified atom stereocenters.